The molecule has 1 aliphatic carbocycles. The van der Waals surface area contributed by atoms with Crippen molar-refractivity contribution in [2.24, 2.45) is 5.92 Å². The van der Waals surface area contributed by atoms with Crippen molar-refractivity contribution in [3.05, 3.63) is 62.1 Å². The lowest BCUT2D eigenvalue weighted by Crippen LogP contribution is -2.33. The molecule has 1 fully saturated rings. The Morgan fingerprint density at radius 1 is 1.25 bits per heavy atom. The minimum atomic E-state index is -4.40. The molecule has 0 spiro atoms. The number of benzene rings is 2. The number of halogens is 2. The molecule has 0 aliphatic heterocycles. The van der Waals surface area contributed by atoms with Crippen molar-refractivity contribution in [1.82, 2.24) is 19.5 Å². The molecule has 2 aromatic carbocycles. The fraction of sp³-hybridized carbons (Fsp3) is 0.250. The smallest absolute Gasteiger partial charge is 0.362 e. The van der Waals surface area contributed by atoms with Crippen molar-refractivity contribution >= 4 is 43.2 Å². The molecular weight excluding hydrogens is 463 g/mol. The summed E-state index contributed by atoms with van der Waals surface area (Å²) >= 11 is 6.02. The molecule has 12 heteroatoms. The highest BCUT2D eigenvalue weighted by atomic mass is 35.5. The van der Waals surface area contributed by atoms with E-state index in [0.717, 1.165) is 37.5 Å². The van der Waals surface area contributed by atoms with Crippen LogP contribution in [0.3, 0.4) is 0 Å². The Bertz CT molecular complexity index is 1640. The number of rotatable bonds is 5. The normalized spacial score (nSPS) is 14.4. The zero-order valence-corrected chi connectivity index (χ0v) is 18.0. The second-order valence-electron chi connectivity index (χ2n) is 7.78. The number of sulfone groups is 1. The van der Waals surface area contributed by atoms with Crippen molar-refractivity contribution in [3.8, 4) is 0 Å². The van der Waals surface area contributed by atoms with Crippen LogP contribution in [0.5, 0.6) is 0 Å². The van der Waals surface area contributed by atoms with E-state index < -0.39 is 31.8 Å². The van der Waals surface area contributed by atoms with Gasteiger partial charge >= 0.3 is 5.69 Å². The maximum absolute atomic E-state index is 14.8. The number of hydrogen-bond acceptors (Lipinski definition) is 6. The molecule has 0 unspecified atom stereocenters. The zero-order chi connectivity index (χ0) is 22.8. The molecule has 2 aromatic heterocycles. The van der Waals surface area contributed by atoms with E-state index in [9.17, 15) is 27.6 Å². The number of fused-ring (bicyclic) bond motifs is 2. The number of hydrogen-bond donors (Lipinski definition) is 2. The van der Waals surface area contributed by atoms with Gasteiger partial charge in [-0.25, -0.2) is 17.6 Å². The number of aromatic amines is 1. The van der Waals surface area contributed by atoms with E-state index in [0.29, 0.717) is 18.0 Å². The standard InChI is InChI=1S/C20H16ClFN4O5S/c21-13-3-4-16(18-17(13)19(27)26(29)20(28)24-18)32(30,31)11-7-14(22)12-9-23-25(15(12)8-11)6-5-10-1-2-10/h3-4,7-10,29H,1-2,5-6H2,(H,24,28). The molecule has 2 N–H and O–H groups in total. The SMILES string of the molecule is O=c1[nH]c2c(S(=O)(=O)c3cc(F)c4cnn(CCC5CC5)c4c3)ccc(Cl)c2c(=O)n1O. The fourth-order valence-corrected chi connectivity index (χ4v) is 5.44. The van der Waals surface area contributed by atoms with Crippen LogP contribution in [0.1, 0.15) is 19.3 Å². The van der Waals surface area contributed by atoms with E-state index in [2.05, 4.69) is 10.1 Å². The highest BCUT2D eigenvalue weighted by Crippen LogP contribution is 2.34. The van der Waals surface area contributed by atoms with Gasteiger partial charge in [-0.2, -0.15) is 5.10 Å². The second-order valence-corrected chi connectivity index (χ2v) is 10.1. The highest BCUT2D eigenvalue weighted by molar-refractivity contribution is 7.91. The maximum atomic E-state index is 14.8. The molecule has 5 rings (SSSR count). The Balaban J connectivity index is 1.72. The molecule has 32 heavy (non-hydrogen) atoms. The third-order valence-electron chi connectivity index (χ3n) is 5.68. The summed E-state index contributed by atoms with van der Waals surface area (Å²) < 4.78 is 43.0. The Morgan fingerprint density at radius 2 is 2.00 bits per heavy atom. The van der Waals surface area contributed by atoms with E-state index in [1.54, 1.807) is 4.68 Å². The van der Waals surface area contributed by atoms with Crippen molar-refractivity contribution < 1.29 is 18.0 Å². The van der Waals surface area contributed by atoms with Gasteiger partial charge in [-0.05, 0) is 36.6 Å². The predicted molar refractivity (Wildman–Crippen MR) is 114 cm³/mol. The summed E-state index contributed by atoms with van der Waals surface area (Å²) in [4.78, 5) is 25.5. The third-order valence-corrected chi connectivity index (χ3v) is 7.77. The van der Waals surface area contributed by atoms with Gasteiger partial charge in [0.2, 0.25) is 9.84 Å². The van der Waals surface area contributed by atoms with Crippen LogP contribution in [-0.2, 0) is 16.4 Å². The lowest BCUT2D eigenvalue weighted by Gasteiger charge is -2.11. The first-order valence-corrected chi connectivity index (χ1v) is 11.6. The summed E-state index contributed by atoms with van der Waals surface area (Å²) in [5.41, 5.74) is -2.46. The van der Waals surface area contributed by atoms with E-state index >= 15 is 0 Å². The van der Waals surface area contributed by atoms with Gasteiger partial charge in [0, 0.05) is 6.54 Å². The molecule has 0 amide bonds. The Hall–Kier alpha value is -3.18. The first kappa shape index (κ1) is 20.7. The Labute approximate surface area is 184 Å². The topological polar surface area (TPSA) is 127 Å². The monoisotopic (exact) mass is 478 g/mol. The third kappa shape index (κ3) is 3.19. The van der Waals surface area contributed by atoms with Crippen molar-refractivity contribution in [2.45, 2.75) is 35.6 Å². The number of aryl methyl sites for hydroxylation is 1. The molecule has 1 saturated carbocycles. The lowest BCUT2D eigenvalue weighted by molar-refractivity contribution is 0.162. The molecule has 0 radical (unpaired) electrons. The number of H-pyrrole nitrogens is 1. The molecule has 9 nitrogen and oxygen atoms in total. The highest BCUT2D eigenvalue weighted by Gasteiger charge is 2.27. The van der Waals surface area contributed by atoms with Crippen molar-refractivity contribution in [1.29, 1.82) is 0 Å². The molecule has 1 aliphatic rings. The first-order chi connectivity index (χ1) is 15.2. The molecule has 4 aromatic rings. The van der Waals surface area contributed by atoms with Gasteiger partial charge in [-0.3, -0.25) is 9.48 Å². The summed E-state index contributed by atoms with van der Waals surface area (Å²) in [6, 6.07) is 4.46. The van der Waals surface area contributed by atoms with E-state index in [1.165, 1.54) is 12.3 Å². The Kier molecular flexibility index (Phi) is 4.64. The molecule has 0 saturated heterocycles. The summed E-state index contributed by atoms with van der Waals surface area (Å²) in [5.74, 6) is -0.151. The summed E-state index contributed by atoms with van der Waals surface area (Å²) in [6.45, 7) is 0.532. The van der Waals surface area contributed by atoms with Gasteiger partial charge in [-0.1, -0.05) is 29.2 Å². The van der Waals surface area contributed by atoms with Gasteiger partial charge in [0.25, 0.3) is 5.56 Å². The summed E-state index contributed by atoms with van der Waals surface area (Å²) in [6.07, 6.45) is 4.51. The van der Waals surface area contributed by atoms with Crippen LogP contribution in [0.15, 0.2) is 49.8 Å². The Morgan fingerprint density at radius 3 is 2.72 bits per heavy atom. The van der Waals surface area contributed by atoms with Crippen LogP contribution < -0.4 is 11.2 Å². The molecule has 0 bridgehead atoms. The van der Waals surface area contributed by atoms with Crippen LogP contribution >= 0.6 is 11.6 Å². The van der Waals surface area contributed by atoms with Gasteiger partial charge < -0.3 is 10.2 Å². The van der Waals surface area contributed by atoms with Gasteiger partial charge in [-0.15, -0.1) is 0 Å². The molecule has 2 heterocycles. The van der Waals surface area contributed by atoms with Crippen molar-refractivity contribution in [3.63, 3.8) is 0 Å². The minimum Gasteiger partial charge on any atom is -0.421 e. The van der Waals surface area contributed by atoms with Crippen LogP contribution in [-0.4, -0.2) is 33.1 Å². The number of nitrogens with zero attached hydrogens (tertiary/aromatic N) is 3. The van der Waals surface area contributed by atoms with Gasteiger partial charge in [0.05, 0.1) is 42.8 Å². The predicted octanol–water partition coefficient (Wildman–Crippen LogP) is 2.70. The largest absolute Gasteiger partial charge is 0.421 e. The number of nitrogens with one attached hydrogen (secondary N) is 1. The van der Waals surface area contributed by atoms with Crippen molar-refractivity contribution in [2.75, 3.05) is 0 Å². The van der Waals surface area contributed by atoms with Crippen LogP contribution in [0.4, 0.5) is 4.39 Å². The summed E-state index contributed by atoms with van der Waals surface area (Å²) in [7, 11) is -4.40. The average molecular weight is 479 g/mol. The van der Waals surface area contributed by atoms with E-state index in [-0.39, 0.29) is 30.9 Å². The van der Waals surface area contributed by atoms with Crippen LogP contribution in [0.2, 0.25) is 5.02 Å². The fourth-order valence-electron chi connectivity index (χ4n) is 3.76. The van der Waals surface area contributed by atoms with Gasteiger partial charge in [0.1, 0.15) is 5.82 Å². The van der Waals surface area contributed by atoms with E-state index in [4.69, 9.17) is 11.6 Å². The van der Waals surface area contributed by atoms with Crippen LogP contribution in [0.25, 0.3) is 21.8 Å². The minimum absolute atomic E-state index is 0.164. The average Bonchev–Trinajstić information content (AvgIpc) is 3.48. The quantitative estimate of drug-likeness (QED) is 0.424. The first-order valence-electron chi connectivity index (χ1n) is 9.75. The molecule has 0 atom stereocenters. The molecule has 166 valence electrons. The van der Waals surface area contributed by atoms with Gasteiger partial charge in [0.15, 0.2) is 0 Å². The van der Waals surface area contributed by atoms with Crippen LogP contribution in [0, 0.1) is 11.7 Å². The number of aromatic nitrogens is 4. The maximum Gasteiger partial charge on any atom is 0.362 e. The summed E-state index contributed by atoms with van der Waals surface area (Å²) in [5, 5.41) is 13.4. The lowest BCUT2D eigenvalue weighted by atomic mass is 10.2. The molecular formula is C20H16ClFN4O5S. The zero-order valence-electron chi connectivity index (χ0n) is 16.4. The van der Waals surface area contributed by atoms with E-state index in [1.807, 2.05) is 0 Å². The second kappa shape index (κ2) is 7.17.